The smallest absolute Gasteiger partial charge is 0.306 e. The van der Waals surface area contributed by atoms with Gasteiger partial charge in [0.05, 0.1) is 6.26 Å². The fourth-order valence-corrected chi connectivity index (χ4v) is 3.47. The minimum Gasteiger partial charge on any atom is -0.462 e. The topological polar surface area (TPSA) is 91.0 Å². The molecule has 0 amide bonds. The molecule has 0 saturated carbocycles. The molecule has 0 aliphatic carbocycles. The summed E-state index contributed by atoms with van der Waals surface area (Å²) >= 11 is 0. The van der Waals surface area contributed by atoms with Gasteiger partial charge in [-0.15, -0.1) is 0 Å². The van der Waals surface area contributed by atoms with Crippen LogP contribution in [0, 0.1) is 12.7 Å². The van der Waals surface area contributed by atoms with Gasteiger partial charge in [0.15, 0.2) is 0 Å². The van der Waals surface area contributed by atoms with Gasteiger partial charge in [-0.25, -0.2) is 9.38 Å². The van der Waals surface area contributed by atoms with Gasteiger partial charge >= 0.3 is 10.1 Å². The summed E-state index contributed by atoms with van der Waals surface area (Å²) in [6.45, 7) is 1.89. The Labute approximate surface area is 152 Å². The summed E-state index contributed by atoms with van der Waals surface area (Å²) in [4.78, 5) is 4.47. The molecule has 2 aromatic carbocycles. The molecule has 6 nitrogen and oxygen atoms in total. The number of rotatable bonds is 4. The van der Waals surface area contributed by atoms with E-state index in [2.05, 4.69) is 4.99 Å². The van der Waals surface area contributed by atoms with E-state index in [1.807, 2.05) is 0 Å². The Kier molecular flexibility index (Phi) is 4.43. The fraction of sp³-hybridized carbons (Fsp3) is 0.235. The van der Waals surface area contributed by atoms with E-state index < -0.39 is 15.7 Å². The van der Waals surface area contributed by atoms with Crippen molar-refractivity contribution in [3.8, 4) is 5.75 Å². The average molecular weight is 376 g/mol. The molecule has 0 radical (unpaired) electrons. The molecule has 1 atom stereocenters. The van der Waals surface area contributed by atoms with Crippen molar-refractivity contribution in [3.05, 3.63) is 58.9 Å². The molecule has 1 unspecified atom stereocenters. The van der Waals surface area contributed by atoms with Gasteiger partial charge < -0.3 is 14.7 Å². The molecule has 0 aromatic heterocycles. The van der Waals surface area contributed by atoms with Gasteiger partial charge in [0, 0.05) is 0 Å². The Hall–Kier alpha value is -2.55. The molecule has 2 aromatic rings. The molecule has 1 heterocycles. The van der Waals surface area contributed by atoms with Crippen molar-refractivity contribution in [2.75, 3.05) is 12.9 Å². The number of ether oxygens (including phenoxy) is 1. The summed E-state index contributed by atoms with van der Waals surface area (Å²) in [6, 6.07) is 9.81. The third-order valence-corrected chi connectivity index (χ3v) is 4.74. The average Bonchev–Trinajstić information content (AvgIpc) is 2.94. The first-order valence-electron chi connectivity index (χ1n) is 7.86. The summed E-state index contributed by atoms with van der Waals surface area (Å²) in [5.41, 5.74) is 7.39. The predicted octanol–water partition coefficient (Wildman–Crippen LogP) is 0.319. The SMILES string of the molecule is Bc1cc(C2(c3ccc(OS(C)(=O)=O)c(C)c3)COC(N)=N2)ccc1F. The normalized spacial score (nSPS) is 19.7. The molecule has 2 N–H and O–H groups in total. The quantitative estimate of drug-likeness (QED) is 0.613. The van der Waals surface area contributed by atoms with Crippen LogP contribution in [0.3, 0.4) is 0 Å². The number of hydrogen-bond donors (Lipinski definition) is 1. The number of aryl methyl sites for hydroxylation is 1. The Morgan fingerprint density at radius 3 is 2.46 bits per heavy atom. The van der Waals surface area contributed by atoms with E-state index in [-0.39, 0.29) is 24.2 Å². The lowest BCUT2D eigenvalue weighted by atomic mass is 9.81. The fourth-order valence-electron chi connectivity index (χ4n) is 2.96. The van der Waals surface area contributed by atoms with E-state index in [1.165, 1.54) is 6.07 Å². The largest absolute Gasteiger partial charge is 0.462 e. The summed E-state index contributed by atoms with van der Waals surface area (Å²) < 4.78 is 46.8. The minimum absolute atomic E-state index is 0.0427. The van der Waals surface area contributed by atoms with Gasteiger partial charge in [-0.2, -0.15) is 8.42 Å². The molecule has 136 valence electrons. The van der Waals surface area contributed by atoms with Crippen LogP contribution in [0.5, 0.6) is 5.75 Å². The lowest BCUT2D eigenvalue weighted by molar-refractivity contribution is 0.278. The third kappa shape index (κ3) is 3.39. The monoisotopic (exact) mass is 376 g/mol. The van der Waals surface area contributed by atoms with Gasteiger partial charge in [0.1, 0.15) is 31.6 Å². The second-order valence-electron chi connectivity index (χ2n) is 6.33. The number of halogens is 1. The van der Waals surface area contributed by atoms with Gasteiger partial charge in [0.2, 0.25) is 0 Å². The number of aliphatic imine (C=N–C) groups is 1. The second kappa shape index (κ2) is 6.32. The molecule has 1 aliphatic heterocycles. The van der Waals surface area contributed by atoms with E-state index in [4.69, 9.17) is 14.7 Å². The Bertz CT molecular complexity index is 1010. The first kappa shape index (κ1) is 18.3. The predicted molar refractivity (Wildman–Crippen MR) is 99.6 cm³/mol. The summed E-state index contributed by atoms with van der Waals surface area (Å²) in [5.74, 6) is -0.0783. The highest BCUT2D eigenvalue weighted by Gasteiger charge is 2.40. The first-order chi connectivity index (χ1) is 12.1. The van der Waals surface area contributed by atoms with Crippen molar-refractivity contribution in [1.82, 2.24) is 0 Å². The van der Waals surface area contributed by atoms with Crippen molar-refractivity contribution in [1.29, 1.82) is 0 Å². The van der Waals surface area contributed by atoms with Gasteiger partial charge in [-0.3, -0.25) is 0 Å². The van der Waals surface area contributed by atoms with Gasteiger partial charge in [-0.1, -0.05) is 23.7 Å². The molecule has 0 bridgehead atoms. The maximum absolute atomic E-state index is 13.7. The van der Waals surface area contributed by atoms with Crippen LogP contribution in [-0.2, 0) is 20.4 Å². The zero-order valence-corrected chi connectivity index (χ0v) is 15.4. The molecule has 0 saturated heterocycles. The number of hydrogen-bond acceptors (Lipinski definition) is 6. The van der Waals surface area contributed by atoms with Crippen LogP contribution in [0.25, 0.3) is 0 Å². The van der Waals surface area contributed by atoms with Crippen molar-refractivity contribution in [2.24, 2.45) is 10.7 Å². The Balaban J connectivity index is 2.13. The number of nitrogens with zero attached hydrogens (tertiary/aromatic N) is 1. The highest BCUT2D eigenvalue weighted by Crippen LogP contribution is 2.39. The van der Waals surface area contributed by atoms with Crippen LogP contribution in [0.2, 0.25) is 0 Å². The van der Waals surface area contributed by atoms with Crippen molar-refractivity contribution >= 4 is 29.4 Å². The second-order valence-corrected chi connectivity index (χ2v) is 7.91. The van der Waals surface area contributed by atoms with E-state index in [0.717, 1.165) is 17.4 Å². The van der Waals surface area contributed by atoms with Gasteiger partial charge in [-0.05, 0) is 41.8 Å². The van der Waals surface area contributed by atoms with E-state index in [9.17, 15) is 12.8 Å². The lowest BCUT2D eigenvalue weighted by Gasteiger charge is -2.26. The van der Waals surface area contributed by atoms with E-state index in [0.29, 0.717) is 11.0 Å². The zero-order chi connectivity index (χ0) is 19.1. The molecular weight excluding hydrogens is 358 g/mol. The highest BCUT2D eigenvalue weighted by atomic mass is 32.2. The van der Waals surface area contributed by atoms with Crippen molar-refractivity contribution in [2.45, 2.75) is 12.5 Å². The Morgan fingerprint density at radius 2 is 1.92 bits per heavy atom. The molecule has 1 aliphatic rings. The maximum Gasteiger partial charge on any atom is 0.306 e. The molecule has 0 fully saturated rings. The standard InChI is InChI=1S/C17H18BFN2O4S/c1-10-7-11(4-6-15(10)25-26(2,22)23)17(9-24-16(20)21-17)12-3-5-14(19)13(18)8-12/h3-8H,9,18H2,1-2H3,(H2,20,21). The summed E-state index contributed by atoms with van der Waals surface area (Å²) in [7, 11) is -1.96. The van der Waals surface area contributed by atoms with Gasteiger partial charge in [0.25, 0.3) is 6.02 Å². The minimum atomic E-state index is -3.63. The van der Waals surface area contributed by atoms with Crippen LogP contribution in [-0.4, -0.2) is 35.1 Å². The molecule has 0 spiro atoms. The van der Waals surface area contributed by atoms with E-state index >= 15 is 0 Å². The van der Waals surface area contributed by atoms with Crippen LogP contribution >= 0.6 is 0 Å². The van der Waals surface area contributed by atoms with Crippen LogP contribution < -0.4 is 15.4 Å². The summed E-state index contributed by atoms with van der Waals surface area (Å²) in [6.07, 6.45) is 0.985. The Morgan fingerprint density at radius 1 is 1.27 bits per heavy atom. The first-order valence-corrected chi connectivity index (χ1v) is 9.68. The van der Waals surface area contributed by atoms with Crippen LogP contribution in [0.4, 0.5) is 4.39 Å². The third-order valence-electron chi connectivity index (χ3n) is 4.26. The van der Waals surface area contributed by atoms with Crippen LogP contribution in [0.15, 0.2) is 41.4 Å². The molecule has 3 rings (SSSR count). The van der Waals surface area contributed by atoms with Crippen molar-refractivity contribution in [3.63, 3.8) is 0 Å². The number of amidine groups is 1. The molecular formula is C17H18BFN2O4S. The molecule has 26 heavy (non-hydrogen) atoms. The number of benzene rings is 2. The van der Waals surface area contributed by atoms with E-state index in [1.54, 1.807) is 45.1 Å². The zero-order valence-electron chi connectivity index (χ0n) is 14.6. The summed E-state index contributed by atoms with van der Waals surface area (Å²) in [5, 5.41) is 0. The van der Waals surface area contributed by atoms with Crippen LogP contribution in [0.1, 0.15) is 16.7 Å². The molecule has 9 heteroatoms. The number of nitrogens with two attached hydrogens (primary N) is 1. The highest BCUT2D eigenvalue weighted by molar-refractivity contribution is 7.86. The van der Waals surface area contributed by atoms with Crippen molar-refractivity contribution < 1.29 is 21.7 Å². The maximum atomic E-state index is 13.7. The lowest BCUT2D eigenvalue weighted by Crippen LogP contribution is -2.29.